The van der Waals surface area contributed by atoms with E-state index in [1.54, 1.807) is 0 Å². The van der Waals surface area contributed by atoms with Crippen molar-refractivity contribution in [3.8, 4) is 0 Å². The molecule has 1 unspecified atom stereocenters. The molecule has 0 amide bonds. The lowest BCUT2D eigenvalue weighted by Crippen LogP contribution is -2.08. The molecule has 0 aliphatic carbocycles. The molecule has 0 spiro atoms. The Balaban J connectivity index is 2.51. The lowest BCUT2D eigenvalue weighted by Gasteiger charge is -2.15. The largest absolute Gasteiger partial charge is 0.478 e. The van der Waals surface area contributed by atoms with Crippen molar-refractivity contribution in [3.05, 3.63) is 58.5 Å². The Kier molecular flexibility index (Phi) is 3.21. The monoisotopic (exact) mass is 246 g/mol. The van der Waals surface area contributed by atoms with Crippen molar-refractivity contribution < 1.29 is 19.4 Å². The zero-order valence-corrected chi connectivity index (χ0v) is 10.2. The number of aliphatic hydroxyl groups excluding tert-OH is 1. The van der Waals surface area contributed by atoms with E-state index in [9.17, 15) is 9.90 Å². The molecule has 18 heavy (non-hydrogen) atoms. The lowest BCUT2D eigenvalue weighted by molar-refractivity contribution is 0.0687. The first kappa shape index (κ1) is 12.4. The van der Waals surface area contributed by atoms with Gasteiger partial charge in [-0.05, 0) is 36.6 Å². The van der Waals surface area contributed by atoms with E-state index in [4.69, 9.17) is 9.52 Å². The fourth-order valence-corrected chi connectivity index (χ4v) is 2.10. The number of furan rings is 1. The molecular weight excluding hydrogens is 232 g/mol. The second-order valence-electron chi connectivity index (χ2n) is 4.21. The third kappa shape index (κ3) is 2.02. The molecule has 0 aliphatic rings. The van der Waals surface area contributed by atoms with Gasteiger partial charge in [-0.25, -0.2) is 4.79 Å². The first-order valence-corrected chi connectivity index (χ1v) is 5.57. The number of aromatic carboxylic acids is 1. The number of rotatable bonds is 3. The van der Waals surface area contributed by atoms with Gasteiger partial charge in [-0.1, -0.05) is 18.2 Å². The molecular formula is C14H14O4. The Morgan fingerprint density at radius 3 is 2.39 bits per heavy atom. The summed E-state index contributed by atoms with van der Waals surface area (Å²) < 4.78 is 5.12. The number of hydrogen-bond donors (Lipinski definition) is 2. The Morgan fingerprint density at radius 1 is 1.22 bits per heavy atom. The van der Waals surface area contributed by atoms with Gasteiger partial charge in [0.2, 0.25) is 0 Å². The summed E-state index contributed by atoms with van der Waals surface area (Å²) in [5, 5.41) is 19.3. The standard InChI is InChI=1S/C14H14O4/c1-8-4-3-5-9(2)11(8)12(15)13-10(14(16)17)6-7-18-13/h3-7,12,15H,1-2H3,(H,16,17). The van der Waals surface area contributed by atoms with Gasteiger partial charge in [-0.3, -0.25) is 0 Å². The van der Waals surface area contributed by atoms with Gasteiger partial charge in [0.25, 0.3) is 0 Å². The molecule has 1 aromatic carbocycles. The van der Waals surface area contributed by atoms with Gasteiger partial charge in [0.15, 0.2) is 5.76 Å². The summed E-state index contributed by atoms with van der Waals surface area (Å²) in [4.78, 5) is 11.0. The van der Waals surface area contributed by atoms with Gasteiger partial charge < -0.3 is 14.6 Å². The smallest absolute Gasteiger partial charge is 0.339 e. The van der Waals surface area contributed by atoms with Crippen molar-refractivity contribution >= 4 is 5.97 Å². The van der Waals surface area contributed by atoms with Gasteiger partial charge in [0.1, 0.15) is 11.7 Å². The Bertz CT molecular complexity index is 563. The first-order valence-electron chi connectivity index (χ1n) is 5.57. The van der Waals surface area contributed by atoms with Crippen molar-refractivity contribution in [2.75, 3.05) is 0 Å². The van der Waals surface area contributed by atoms with Crippen LogP contribution in [0.1, 0.15) is 38.9 Å². The number of hydrogen-bond acceptors (Lipinski definition) is 3. The maximum atomic E-state index is 11.0. The zero-order chi connectivity index (χ0) is 13.3. The molecule has 4 heteroatoms. The fraction of sp³-hybridized carbons (Fsp3) is 0.214. The maximum Gasteiger partial charge on any atom is 0.339 e. The molecule has 0 saturated carbocycles. The van der Waals surface area contributed by atoms with Crippen LogP contribution in [0.4, 0.5) is 0 Å². The molecule has 0 bridgehead atoms. The molecule has 0 radical (unpaired) electrons. The van der Waals surface area contributed by atoms with Crippen LogP contribution >= 0.6 is 0 Å². The van der Waals surface area contributed by atoms with Crippen molar-refractivity contribution in [1.82, 2.24) is 0 Å². The summed E-state index contributed by atoms with van der Waals surface area (Å²) in [5.41, 5.74) is 2.48. The molecule has 1 aromatic heterocycles. The highest BCUT2D eigenvalue weighted by atomic mass is 16.4. The molecule has 0 saturated heterocycles. The second-order valence-corrected chi connectivity index (χ2v) is 4.21. The number of benzene rings is 1. The summed E-state index contributed by atoms with van der Waals surface area (Å²) >= 11 is 0. The molecule has 2 aromatic rings. The van der Waals surface area contributed by atoms with Crippen molar-refractivity contribution in [3.63, 3.8) is 0 Å². The number of carboxylic acid groups (broad SMARTS) is 1. The van der Waals surface area contributed by atoms with Gasteiger partial charge in [-0.2, -0.15) is 0 Å². The van der Waals surface area contributed by atoms with E-state index in [-0.39, 0.29) is 11.3 Å². The Hall–Kier alpha value is -2.07. The minimum absolute atomic E-state index is 0.00912. The molecule has 4 nitrogen and oxygen atoms in total. The predicted octanol–water partition coefficient (Wildman–Crippen LogP) is 2.68. The first-order chi connectivity index (χ1) is 8.52. The van der Waals surface area contributed by atoms with Crippen LogP contribution in [0.2, 0.25) is 0 Å². The van der Waals surface area contributed by atoms with Crippen molar-refractivity contribution in [2.45, 2.75) is 20.0 Å². The van der Waals surface area contributed by atoms with E-state index in [0.29, 0.717) is 5.56 Å². The van der Waals surface area contributed by atoms with Gasteiger partial charge in [-0.15, -0.1) is 0 Å². The highest BCUT2D eigenvalue weighted by Crippen LogP contribution is 2.30. The maximum absolute atomic E-state index is 11.0. The van der Waals surface area contributed by atoms with Gasteiger partial charge in [0.05, 0.1) is 6.26 Å². The van der Waals surface area contributed by atoms with Crippen LogP contribution in [0.3, 0.4) is 0 Å². The van der Waals surface area contributed by atoms with Crippen LogP contribution in [0.25, 0.3) is 0 Å². The van der Waals surface area contributed by atoms with Crippen LogP contribution in [0, 0.1) is 13.8 Å². The Labute approximate surface area is 104 Å². The quantitative estimate of drug-likeness (QED) is 0.873. The third-order valence-electron chi connectivity index (χ3n) is 2.99. The predicted molar refractivity (Wildman–Crippen MR) is 65.6 cm³/mol. The second kappa shape index (κ2) is 4.66. The molecule has 2 rings (SSSR count). The van der Waals surface area contributed by atoms with Crippen molar-refractivity contribution in [1.29, 1.82) is 0 Å². The zero-order valence-electron chi connectivity index (χ0n) is 10.2. The lowest BCUT2D eigenvalue weighted by atomic mass is 9.95. The highest BCUT2D eigenvalue weighted by Gasteiger charge is 2.24. The summed E-state index contributed by atoms with van der Waals surface area (Å²) in [7, 11) is 0. The van der Waals surface area contributed by atoms with E-state index in [1.807, 2.05) is 32.0 Å². The van der Waals surface area contributed by atoms with Gasteiger partial charge >= 0.3 is 5.97 Å². The molecule has 0 fully saturated rings. The Morgan fingerprint density at radius 2 is 1.83 bits per heavy atom. The average molecular weight is 246 g/mol. The van der Waals surface area contributed by atoms with Crippen LogP contribution in [-0.2, 0) is 0 Å². The van der Waals surface area contributed by atoms with Crippen LogP contribution in [0.15, 0.2) is 34.9 Å². The highest BCUT2D eigenvalue weighted by molar-refractivity contribution is 5.89. The van der Waals surface area contributed by atoms with E-state index >= 15 is 0 Å². The molecule has 0 aliphatic heterocycles. The SMILES string of the molecule is Cc1cccc(C)c1C(O)c1occc1C(=O)O. The van der Waals surface area contributed by atoms with Crippen LogP contribution < -0.4 is 0 Å². The molecule has 1 atom stereocenters. The van der Waals surface area contributed by atoms with E-state index in [1.165, 1.54) is 12.3 Å². The minimum atomic E-state index is -1.11. The topological polar surface area (TPSA) is 70.7 Å². The number of carboxylic acids is 1. The van der Waals surface area contributed by atoms with E-state index in [2.05, 4.69) is 0 Å². The fourth-order valence-electron chi connectivity index (χ4n) is 2.10. The van der Waals surface area contributed by atoms with E-state index < -0.39 is 12.1 Å². The summed E-state index contributed by atoms with van der Waals surface area (Å²) in [6.45, 7) is 3.74. The molecule has 2 N–H and O–H groups in total. The summed E-state index contributed by atoms with van der Waals surface area (Å²) in [6, 6.07) is 6.97. The van der Waals surface area contributed by atoms with Crippen LogP contribution in [0.5, 0.6) is 0 Å². The van der Waals surface area contributed by atoms with Crippen molar-refractivity contribution in [2.24, 2.45) is 0 Å². The summed E-state index contributed by atoms with van der Waals surface area (Å²) in [6.07, 6.45) is 0.211. The van der Waals surface area contributed by atoms with E-state index in [0.717, 1.165) is 11.1 Å². The number of aryl methyl sites for hydroxylation is 2. The summed E-state index contributed by atoms with van der Waals surface area (Å²) in [5.74, 6) is -1.04. The number of aliphatic hydroxyl groups is 1. The van der Waals surface area contributed by atoms with Crippen LogP contribution in [-0.4, -0.2) is 16.2 Å². The third-order valence-corrected chi connectivity index (χ3v) is 2.99. The molecule has 94 valence electrons. The minimum Gasteiger partial charge on any atom is -0.478 e. The normalized spacial score (nSPS) is 12.4. The number of carbonyl (C=O) groups is 1. The molecule has 1 heterocycles. The average Bonchev–Trinajstić information content (AvgIpc) is 2.77. The van der Waals surface area contributed by atoms with Gasteiger partial charge in [0, 0.05) is 0 Å².